The number of hydrogen-bond donors (Lipinski definition) is 1. The second-order valence-electron chi connectivity index (χ2n) is 6.67. The zero-order valence-corrected chi connectivity index (χ0v) is 15.4. The summed E-state index contributed by atoms with van der Waals surface area (Å²) in [5, 5.41) is 12.5. The van der Waals surface area contributed by atoms with Crippen LogP contribution in [0.2, 0.25) is 0 Å². The van der Waals surface area contributed by atoms with Gasteiger partial charge in [0, 0.05) is 24.2 Å². The van der Waals surface area contributed by atoms with Gasteiger partial charge in [0.15, 0.2) is 6.61 Å². The number of nitrogens with one attached hydrogen (secondary N) is 1. The Bertz CT molecular complexity index is 1030. The third kappa shape index (κ3) is 3.74. The number of aromatic nitrogens is 1. The van der Waals surface area contributed by atoms with E-state index in [9.17, 15) is 4.79 Å². The first-order valence-electron chi connectivity index (χ1n) is 9.30. The van der Waals surface area contributed by atoms with E-state index in [2.05, 4.69) is 10.2 Å². The largest absolute Gasteiger partial charge is 0.479 e. The molecule has 4 rings (SSSR count). The minimum atomic E-state index is -0.189. The zero-order valence-electron chi connectivity index (χ0n) is 15.4. The van der Waals surface area contributed by atoms with E-state index in [1.54, 1.807) is 24.3 Å². The number of amides is 1. The zero-order chi connectivity index (χ0) is 19.3. The summed E-state index contributed by atoms with van der Waals surface area (Å²) in [7, 11) is 0. The molecule has 1 saturated heterocycles. The Labute approximate surface area is 163 Å². The molecule has 0 unspecified atom stereocenters. The molecule has 1 aromatic heterocycles. The van der Waals surface area contributed by atoms with Gasteiger partial charge in [-0.15, -0.1) is 0 Å². The van der Waals surface area contributed by atoms with Crippen molar-refractivity contribution in [2.24, 2.45) is 0 Å². The van der Waals surface area contributed by atoms with Crippen molar-refractivity contribution in [1.29, 1.82) is 5.26 Å². The quantitative estimate of drug-likeness (QED) is 0.733. The highest BCUT2D eigenvalue weighted by molar-refractivity contribution is 6.09. The van der Waals surface area contributed by atoms with Crippen molar-refractivity contribution in [3.63, 3.8) is 0 Å². The van der Waals surface area contributed by atoms with Crippen LogP contribution in [0.5, 0.6) is 5.75 Å². The number of carbonyl (C=O) groups excluding carboxylic acids is 1. The first kappa shape index (κ1) is 17.8. The molecule has 6 nitrogen and oxygen atoms in total. The van der Waals surface area contributed by atoms with Gasteiger partial charge in [0.1, 0.15) is 17.6 Å². The first-order valence-corrected chi connectivity index (χ1v) is 9.30. The van der Waals surface area contributed by atoms with Crippen LogP contribution in [0.3, 0.4) is 0 Å². The third-order valence-corrected chi connectivity index (χ3v) is 4.77. The van der Waals surface area contributed by atoms with Crippen molar-refractivity contribution in [2.75, 3.05) is 29.9 Å². The Balaban J connectivity index is 1.62. The molecule has 1 aliphatic rings. The fraction of sp³-hybridized carbons (Fsp3) is 0.227. The average Bonchev–Trinajstić information content (AvgIpc) is 3.27. The van der Waals surface area contributed by atoms with Crippen LogP contribution in [0.25, 0.3) is 10.9 Å². The molecule has 1 aliphatic heterocycles. The van der Waals surface area contributed by atoms with Gasteiger partial charge in [0.05, 0.1) is 11.1 Å². The second-order valence-corrected chi connectivity index (χ2v) is 6.67. The maximum absolute atomic E-state index is 13.0. The maximum atomic E-state index is 13.0. The van der Waals surface area contributed by atoms with E-state index in [0.29, 0.717) is 17.0 Å². The van der Waals surface area contributed by atoms with Gasteiger partial charge in [-0.1, -0.05) is 18.2 Å². The number of nitrogens with zero attached hydrogens (tertiary/aromatic N) is 3. The molecular formula is C22H20N4O2. The summed E-state index contributed by atoms with van der Waals surface area (Å²) in [5.41, 5.74) is 2.13. The minimum absolute atomic E-state index is 0.00629. The molecule has 2 aromatic carbocycles. The number of fused-ring (bicyclic) bond motifs is 1. The van der Waals surface area contributed by atoms with Gasteiger partial charge in [-0.3, -0.25) is 4.79 Å². The second kappa shape index (κ2) is 7.97. The molecule has 0 saturated carbocycles. The van der Waals surface area contributed by atoms with E-state index in [1.165, 1.54) is 0 Å². The molecule has 0 spiro atoms. The van der Waals surface area contributed by atoms with Gasteiger partial charge in [-0.25, -0.2) is 4.98 Å². The first-order chi connectivity index (χ1) is 13.7. The lowest BCUT2D eigenvalue weighted by Crippen LogP contribution is -2.24. The van der Waals surface area contributed by atoms with E-state index in [-0.39, 0.29) is 12.5 Å². The highest BCUT2D eigenvalue weighted by Crippen LogP contribution is 2.27. The Morgan fingerprint density at radius 2 is 1.89 bits per heavy atom. The van der Waals surface area contributed by atoms with Crippen molar-refractivity contribution in [2.45, 2.75) is 12.8 Å². The lowest BCUT2D eigenvalue weighted by Gasteiger charge is -2.20. The molecule has 0 atom stereocenters. The van der Waals surface area contributed by atoms with E-state index < -0.39 is 0 Å². The summed E-state index contributed by atoms with van der Waals surface area (Å²) in [5.74, 6) is 1.14. The number of nitriles is 1. The van der Waals surface area contributed by atoms with Crippen molar-refractivity contribution in [3.05, 3.63) is 60.2 Å². The summed E-state index contributed by atoms with van der Waals surface area (Å²) in [6.45, 7) is 1.82. The molecular weight excluding hydrogens is 352 g/mol. The van der Waals surface area contributed by atoms with E-state index in [4.69, 9.17) is 15.0 Å². The molecule has 0 bridgehead atoms. The Kier molecular flexibility index (Phi) is 5.07. The number of ether oxygens (including phenoxy) is 1. The molecule has 1 amide bonds. The smallest absolute Gasteiger partial charge is 0.259 e. The fourth-order valence-corrected chi connectivity index (χ4v) is 3.39. The Morgan fingerprint density at radius 1 is 1.14 bits per heavy atom. The van der Waals surface area contributed by atoms with Gasteiger partial charge in [0.2, 0.25) is 0 Å². The maximum Gasteiger partial charge on any atom is 0.259 e. The van der Waals surface area contributed by atoms with Gasteiger partial charge in [0.25, 0.3) is 5.91 Å². The lowest BCUT2D eigenvalue weighted by molar-refractivity contribution is 0.102. The molecule has 3 aromatic rings. The third-order valence-electron chi connectivity index (χ3n) is 4.77. The number of pyridine rings is 1. The van der Waals surface area contributed by atoms with Gasteiger partial charge >= 0.3 is 0 Å². The van der Waals surface area contributed by atoms with Crippen LogP contribution in [-0.2, 0) is 0 Å². The van der Waals surface area contributed by atoms with E-state index >= 15 is 0 Å². The van der Waals surface area contributed by atoms with Gasteiger partial charge in [-0.05, 0) is 49.2 Å². The lowest BCUT2D eigenvalue weighted by atomic mass is 10.1. The van der Waals surface area contributed by atoms with Crippen LogP contribution in [0.1, 0.15) is 23.2 Å². The van der Waals surface area contributed by atoms with Gasteiger partial charge < -0.3 is 15.0 Å². The summed E-state index contributed by atoms with van der Waals surface area (Å²) >= 11 is 0. The fourth-order valence-electron chi connectivity index (χ4n) is 3.39. The van der Waals surface area contributed by atoms with Crippen molar-refractivity contribution in [3.8, 4) is 11.8 Å². The normalized spacial score (nSPS) is 13.3. The molecule has 6 heteroatoms. The Morgan fingerprint density at radius 3 is 2.64 bits per heavy atom. The predicted octanol–water partition coefficient (Wildman–Crippen LogP) is 3.99. The van der Waals surface area contributed by atoms with Crippen molar-refractivity contribution < 1.29 is 9.53 Å². The highest BCUT2D eigenvalue weighted by atomic mass is 16.5. The van der Waals surface area contributed by atoms with Crippen molar-refractivity contribution in [1.82, 2.24) is 4.98 Å². The van der Waals surface area contributed by atoms with Crippen LogP contribution in [-0.4, -0.2) is 30.6 Å². The van der Waals surface area contributed by atoms with Crippen LogP contribution < -0.4 is 15.0 Å². The number of anilines is 2. The van der Waals surface area contributed by atoms with Crippen LogP contribution in [0.15, 0.2) is 54.6 Å². The standard InChI is InChI=1S/C22H20N4O2/c23-11-14-28-18-9-7-17(8-10-18)24-22(27)19-15-16-5-1-2-6-20(16)25-21(19)26-12-3-4-13-26/h1-2,5-10,15H,3-4,12-14H2,(H,24,27). The van der Waals surface area contributed by atoms with E-state index in [0.717, 1.165) is 42.7 Å². The summed E-state index contributed by atoms with van der Waals surface area (Å²) in [6, 6.07) is 18.7. The number of rotatable bonds is 5. The topological polar surface area (TPSA) is 78.2 Å². The molecule has 1 N–H and O–H groups in total. The Hall–Kier alpha value is -3.59. The average molecular weight is 372 g/mol. The van der Waals surface area contributed by atoms with Crippen LogP contribution in [0, 0.1) is 11.3 Å². The highest BCUT2D eigenvalue weighted by Gasteiger charge is 2.22. The number of para-hydroxylation sites is 1. The summed E-state index contributed by atoms with van der Waals surface area (Å²) in [4.78, 5) is 20.0. The molecule has 0 radical (unpaired) electrons. The number of benzene rings is 2. The summed E-state index contributed by atoms with van der Waals surface area (Å²) in [6.07, 6.45) is 2.22. The number of carbonyl (C=O) groups is 1. The monoisotopic (exact) mass is 372 g/mol. The summed E-state index contributed by atoms with van der Waals surface area (Å²) < 4.78 is 5.24. The SMILES string of the molecule is N#CCOc1ccc(NC(=O)c2cc3ccccc3nc2N2CCCC2)cc1. The molecule has 1 fully saturated rings. The molecule has 140 valence electrons. The van der Waals surface area contributed by atoms with Crippen molar-refractivity contribution >= 4 is 28.3 Å². The van der Waals surface area contributed by atoms with Gasteiger partial charge in [-0.2, -0.15) is 5.26 Å². The number of hydrogen-bond acceptors (Lipinski definition) is 5. The molecule has 2 heterocycles. The van der Waals surface area contributed by atoms with Crippen LogP contribution >= 0.6 is 0 Å². The van der Waals surface area contributed by atoms with Crippen LogP contribution in [0.4, 0.5) is 11.5 Å². The minimum Gasteiger partial charge on any atom is -0.479 e. The predicted molar refractivity (Wildman–Crippen MR) is 109 cm³/mol. The van der Waals surface area contributed by atoms with E-state index in [1.807, 2.05) is 36.4 Å². The molecule has 0 aliphatic carbocycles. The molecule has 28 heavy (non-hydrogen) atoms.